The van der Waals surface area contributed by atoms with E-state index >= 15 is 0 Å². The van der Waals surface area contributed by atoms with E-state index in [2.05, 4.69) is 0 Å². The number of alkyl halides is 3. The van der Waals surface area contributed by atoms with Gasteiger partial charge in [0.25, 0.3) is 0 Å². The van der Waals surface area contributed by atoms with Crippen LogP contribution in [0.25, 0.3) is 0 Å². The van der Waals surface area contributed by atoms with Crippen molar-refractivity contribution in [2.24, 2.45) is 11.7 Å². The molecule has 2 nitrogen and oxygen atoms in total. The minimum absolute atomic E-state index is 0.0770. The first-order valence-electron chi connectivity index (χ1n) is 7.56. The second kappa shape index (κ2) is 6.79. The van der Waals surface area contributed by atoms with Crippen molar-refractivity contribution in [2.45, 2.75) is 44.4 Å². The molecule has 1 aliphatic rings. The molecule has 0 aromatic heterocycles. The Hall–Kier alpha value is -1.07. The first kappa shape index (κ1) is 16.3. The highest BCUT2D eigenvalue weighted by Crippen LogP contribution is 2.42. The first-order chi connectivity index (χ1) is 9.99. The van der Waals surface area contributed by atoms with Crippen LogP contribution in [0.4, 0.5) is 13.2 Å². The van der Waals surface area contributed by atoms with Crippen molar-refractivity contribution < 1.29 is 13.2 Å². The Bertz CT molecular complexity index is 433. The summed E-state index contributed by atoms with van der Waals surface area (Å²) in [7, 11) is 0. The fourth-order valence-corrected chi connectivity index (χ4v) is 3.54. The van der Waals surface area contributed by atoms with Crippen LogP contribution in [0.1, 0.15) is 37.8 Å². The van der Waals surface area contributed by atoms with E-state index in [-0.39, 0.29) is 12.0 Å². The zero-order chi connectivity index (χ0) is 15.5. The zero-order valence-electron chi connectivity index (χ0n) is 12.3. The molecule has 0 aliphatic heterocycles. The van der Waals surface area contributed by atoms with Gasteiger partial charge in [0.2, 0.25) is 0 Å². The van der Waals surface area contributed by atoms with Crippen molar-refractivity contribution in [3.05, 3.63) is 35.9 Å². The molecular formula is C16H23F3N2. The van der Waals surface area contributed by atoms with E-state index in [0.717, 1.165) is 19.3 Å². The van der Waals surface area contributed by atoms with Gasteiger partial charge in [0.15, 0.2) is 0 Å². The molecule has 0 bridgehead atoms. The van der Waals surface area contributed by atoms with Crippen LogP contribution in [0, 0.1) is 5.92 Å². The van der Waals surface area contributed by atoms with Gasteiger partial charge in [-0.1, -0.05) is 43.7 Å². The summed E-state index contributed by atoms with van der Waals surface area (Å²) < 4.78 is 41.0. The number of hydrogen-bond acceptors (Lipinski definition) is 2. The van der Waals surface area contributed by atoms with E-state index in [0.29, 0.717) is 18.7 Å². The van der Waals surface area contributed by atoms with Crippen LogP contribution in [0.15, 0.2) is 30.3 Å². The van der Waals surface area contributed by atoms with Gasteiger partial charge in [0.1, 0.15) is 6.04 Å². The van der Waals surface area contributed by atoms with Crippen molar-refractivity contribution in [3.63, 3.8) is 0 Å². The first-order valence-corrected chi connectivity index (χ1v) is 7.56. The summed E-state index contributed by atoms with van der Waals surface area (Å²) in [6.07, 6.45) is -1.59. The molecule has 1 fully saturated rings. The highest BCUT2D eigenvalue weighted by atomic mass is 19.4. The molecule has 118 valence electrons. The van der Waals surface area contributed by atoms with E-state index in [1.165, 1.54) is 0 Å². The largest absolute Gasteiger partial charge is 0.408 e. The monoisotopic (exact) mass is 300 g/mol. The molecule has 1 saturated carbocycles. The Labute approximate surface area is 124 Å². The van der Waals surface area contributed by atoms with Crippen molar-refractivity contribution in [2.75, 3.05) is 13.1 Å². The third-order valence-corrected chi connectivity index (χ3v) is 4.47. The second-order valence-corrected chi connectivity index (χ2v) is 5.68. The van der Waals surface area contributed by atoms with Gasteiger partial charge >= 0.3 is 6.18 Å². The van der Waals surface area contributed by atoms with Gasteiger partial charge in [0, 0.05) is 6.04 Å². The van der Waals surface area contributed by atoms with E-state index in [4.69, 9.17) is 5.73 Å². The lowest BCUT2D eigenvalue weighted by atomic mass is 9.97. The van der Waals surface area contributed by atoms with Crippen molar-refractivity contribution >= 4 is 0 Å². The Balaban J connectivity index is 2.34. The van der Waals surface area contributed by atoms with Crippen LogP contribution < -0.4 is 5.73 Å². The summed E-state index contributed by atoms with van der Waals surface area (Å²) in [4.78, 5) is 1.60. The van der Waals surface area contributed by atoms with E-state index in [1.807, 2.05) is 0 Å². The lowest BCUT2D eigenvalue weighted by molar-refractivity contribution is -0.193. The number of halogens is 3. The van der Waals surface area contributed by atoms with Crippen molar-refractivity contribution in [3.8, 4) is 0 Å². The summed E-state index contributed by atoms with van der Waals surface area (Å²) in [6.45, 7) is 2.63. The van der Waals surface area contributed by atoms with Crippen LogP contribution in [0.2, 0.25) is 0 Å². The summed E-state index contributed by atoms with van der Waals surface area (Å²) in [5.41, 5.74) is 6.07. The number of rotatable bonds is 5. The molecule has 5 heteroatoms. The minimum Gasteiger partial charge on any atom is -0.330 e. The van der Waals surface area contributed by atoms with Gasteiger partial charge in [-0.15, -0.1) is 0 Å². The Morgan fingerprint density at radius 2 is 1.90 bits per heavy atom. The normalized spacial score (nSPS) is 24.5. The molecule has 0 amide bonds. The smallest absolute Gasteiger partial charge is 0.330 e. The molecule has 0 heterocycles. The van der Waals surface area contributed by atoms with Gasteiger partial charge in [-0.2, -0.15) is 13.2 Å². The molecule has 1 aromatic carbocycles. The third kappa shape index (κ3) is 3.58. The molecule has 2 N–H and O–H groups in total. The lowest BCUT2D eigenvalue weighted by Crippen LogP contribution is -2.47. The molecule has 3 atom stereocenters. The van der Waals surface area contributed by atoms with E-state index in [9.17, 15) is 13.2 Å². The van der Waals surface area contributed by atoms with Gasteiger partial charge in [0.05, 0.1) is 0 Å². The number of benzene rings is 1. The average Bonchev–Trinajstić information content (AvgIpc) is 2.92. The molecule has 1 aromatic rings. The summed E-state index contributed by atoms with van der Waals surface area (Å²) in [6, 6.07) is 6.58. The Kier molecular flexibility index (Phi) is 5.27. The predicted octanol–water partition coefficient (Wildman–Crippen LogP) is 3.74. The summed E-state index contributed by atoms with van der Waals surface area (Å²) >= 11 is 0. The van der Waals surface area contributed by atoms with Crippen molar-refractivity contribution in [1.29, 1.82) is 0 Å². The standard InChI is InChI=1S/C16H23F3N2/c1-2-21(14-10-6-9-13(14)11-20)15(16(17,18)19)12-7-4-3-5-8-12/h3-5,7-8,13-15H,2,6,9-11,20H2,1H3. The Morgan fingerprint density at radius 3 is 2.43 bits per heavy atom. The summed E-state index contributed by atoms with van der Waals surface area (Å²) in [5, 5.41) is 0. The SMILES string of the molecule is CCN(C1CCCC1CN)C(c1ccccc1)C(F)(F)F. The topological polar surface area (TPSA) is 29.3 Å². The van der Waals surface area contributed by atoms with Gasteiger partial charge in [-0.3, -0.25) is 4.90 Å². The molecule has 3 unspecified atom stereocenters. The highest BCUT2D eigenvalue weighted by molar-refractivity contribution is 5.21. The highest BCUT2D eigenvalue weighted by Gasteiger charge is 2.47. The maximum absolute atomic E-state index is 13.7. The molecular weight excluding hydrogens is 277 g/mol. The minimum atomic E-state index is -4.28. The molecule has 2 rings (SSSR count). The molecule has 0 spiro atoms. The van der Waals surface area contributed by atoms with Crippen LogP contribution in [0.5, 0.6) is 0 Å². The number of nitrogens with two attached hydrogens (primary N) is 1. The molecule has 0 radical (unpaired) electrons. The maximum atomic E-state index is 13.7. The number of nitrogens with zero attached hydrogens (tertiary/aromatic N) is 1. The van der Waals surface area contributed by atoms with Gasteiger partial charge < -0.3 is 5.73 Å². The fraction of sp³-hybridized carbons (Fsp3) is 0.625. The molecule has 1 aliphatic carbocycles. The lowest BCUT2D eigenvalue weighted by Gasteiger charge is -2.39. The van der Waals surface area contributed by atoms with Crippen LogP contribution in [0.3, 0.4) is 0 Å². The van der Waals surface area contributed by atoms with E-state index in [1.54, 1.807) is 42.2 Å². The van der Waals surface area contributed by atoms with Crippen molar-refractivity contribution in [1.82, 2.24) is 4.90 Å². The van der Waals surface area contributed by atoms with Crippen LogP contribution in [-0.2, 0) is 0 Å². The Morgan fingerprint density at radius 1 is 1.24 bits per heavy atom. The third-order valence-electron chi connectivity index (χ3n) is 4.47. The fourth-order valence-electron chi connectivity index (χ4n) is 3.54. The van der Waals surface area contributed by atoms with E-state index < -0.39 is 12.2 Å². The molecule has 0 saturated heterocycles. The quantitative estimate of drug-likeness (QED) is 0.897. The number of hydrogen-bond donors (Lipinski definition) is 1. The average molecular weight is 300 g/mol. The van der Waals surface area contributed by atoms with Crippen LogP contribution in [-0.4, -0.2) is 30.2 Å². The molecule has 21 heavy (non-hydrogen) atoms. The van der Waals surface area contributed by atoms with Crippen LogP contribution >= 0.6 is 0 Å². The van der Waals surface area contributed by atoms with Gasteiger partial charge in [-0.05, 0) is 37.4 Å². The second-order valence-electron chi connectivity index (χ2n) is 5.68. The maximum Gasteiger partial charge on any atom is 0.408 e. The zero-order valence-corrected chi connectivity index (χ0v) is 12.3. The summed E-state index contributed by atoms with van der Waals surface area (Å²) in [5.74, 6) is 0.165. The predicted molar refractivity (Wildman–Crippen MR) is 77.8 cm³/mol. The van der Waals surface area contributed by atoms with Gasteiger partial charge in [-0.25, -0.2) is 0 Å².